The molecule has 5 rings (SSSR count). The molecule has 0 unspecified atom stereocenters. The predicted octanol–water partition coefficient (Wildman–Crippen LogP) is 4.74. The number of nitrogens with zero attached hydrogens (tertiary/aromatic N) is 2. The van der Waals surface area contributed by atoms with Crippen LogP contribution in [0.25, 0.3) is 10.9 Å². The number of rotatable bonds is 4. The van der Waals surface area contributed by atoms with Gasteiger partial charge in [-0.05, 0) is 50.5 Å². The number of ether oxygens (including phenoxy) is 1. The number of para-hydroxylation sites is 1. The van der Waals surface area contributed by atoms with Crippen LogP contribution >= 0.6 is 0 Å². The Morgan fingerprint density at radius 3 is 2.71 bits per heavy atom. The number of hydrogen-bond donors (Lipinski definition) is 2. The highest BCUT2D eigenvalue weighted by molar-refractivity contribution is 5.94. The first-order valence-corrected chi connectivity index (χ1v) is 11.3. The average molecular weight is 487 g/mol. The van der Waals surface area contributed by atoms with Gasteiger partial charge in [0.2, 0.25) is 0 Å². The maximum Gasteiger partial charge on any atom is 0.409 e. The van der Waals surface area contributed by atoms with Crippen molar-refractivity contribution in [2.75, 3.05) is 18.5 Å². The van der Waals surface area contributed by atoms with Crippen molar-refractivity contribution in [3.63, 3.8) is 0 Å². The van der Waals surface area contributed by atoms with Crippen LogP contribution in [0.3, 0.4) is 0 Å². The summed E-state index contributed by atoms with van der Waals surface area (Å²) in [7, 11) is 0. The number of nitrogens with one attached hydrogen (secondary N) is 1. The summed E-state index contributed by atoms with van der Waals surface area (Å²) in [4.78, 5) is 29.9. The van der Waals surface area contributed by atoms with Gasteiger partial charge in [0, 0.05) is 17.9 Å². The van der Waals surface area contributed by atoms with E-state index < -0.39 is 35.2 Å². The number of fused-ring (bicyclic) bond motifs is 3. The van der Waals surface area contributed by atoms with E-state index in [0.29, 0.717) is 35.4 Å². The van der Waals surface area contributed by atoms with Gasteiger partial charge < -0.3 is 15.2 Å². The maximum absolute atomic E-state index is 14.0. The van der Waals surface area contributed by atoms with E-state index in [0.717, 1.165) is 4.57 Å². The van der Waals surface area contributed by atoms with Gasteiger partial charge in [-0.3, -0.25) is 9.36 Å². The topological polar surface area (TPSA) is 93.5 Å². The summed E-state index contributed by atoms with van der Waals surface area (Å²) in [5, 5.41) is 12.8. The Morgan fingerprint density at radius 1 is 1.31 bits per heavy atom. The second kappa shape index (κ2) is 8.08. The van der Waals surface area contributed by atoms with Crippen LogP contribution in [0.2, 0.25) is 0 Å². The highest BCUT2D eigenvalue weighted by Crippen LogP contribution is 2.50. The molecular formula is C25H24F3N3O4. The average Bonchev–Trinajstić information content (AvgIpc) is 3.40. The Balaban J connectivity index is 1.70. The molecule has 1 spiro atoms. The van der Waals surface area contributed by atoms with E-state index in [1.165, 1.54) is 6.07 Å². The van der Waals surface area contributed by atoms with Gasteiger partial charge in [0.25, 0.3) is 5.56 Å². The van der Waals surface area contributed by atoms with Gasteiger partial charge in [-0.2, -0.15) is 13.2 Å². The fourth-order valence-electron chi connectivity index (χ4n) is 5.34. The molecule has 0 saturated carbocycles. The van der Waals surface area contributed by atoms with Crippen LogP contribution < -0.4 is 10.9 Å². The zero-order valence-corrected chi connectivity index (χ0v) is 19.1. The fraction of sp³-hybridized carbons (Fsp3) is 0.400. The number of anilines is 1. The first-order valence-electron chi connectivity index (χ1n) is 11.3. The van der Waals surface area contributed by atoms with Gasteiger partial charge >= 0.3 is 12.1 Å². The van der Waals surface area contributed by atoms with Crippen LogP contribution in [0.5, 0.6) is 0 Å². The Bertz CT molecular complexity index is 1390. The minimum absolute atomic E-state index is 0.0819. The molecule has 1 fully saturated rings. The number of aryl methyl sites for hydroxylation is 1. The molecular weight excluding hydrogens is 463 g/mol. The van der Waals surface area contributed by atoms with E-state index in [1.54, 1.807) is 38.1 Å². The molecule has 0 radical (unpaired) electrons. The normalized spacial score (nSPS) is 22.5. The maximum atomic E-state index is 14.0. The van der Waals surface area contributed by atoms with Crippen LogP contribution in [-0.4, -0.2) is 40.0 Å². The predicted molar refractivity (Wildman–Crippen MR) is 123 cm³/mol. The molecule has 2 aromatic carbocycles. The third kappa shape index (κ3) is 3.76. The molecule has 2 N–H and O–H groups in total. The first-order chi connectivity index (χ1) is 16.5. The van der Waals surface area contributed by atoms with E-state index in [9.17, 15) is 27.9 Å². The van der Waals surface area contributed by atoms with Crippen LogP contribution in [0.4, 0.5) is 18.9 Å². The van der Waals surface area contributed by atoms with E-state index in [-0.39, 0.29) is 29.8 Å². The summed E-state index contributed by atoms with van der Waals surface area (Å²) >= 11 is 0. The molecule has 0 bridgehead atoms. The molecule has 0 aliphatic carbocycles. The van der Waals surface area contributed by atoms with Crippen molar-refractivity contribution in [2.24, 2.45) is 0 Å². The lowest BCUT2D eigenvalue weighted by molar-refractivity contribution is -0.168. The summed E-state index contributed by atoms with van der Waals surface area (Å²) in [6, 6.07) is 7.38. The largest absolute Gasteiger partial charge is 0.478 e. The van der Waals surface area contributed by atoms with Gasteiger partial charge in [0.15, 0.2) is 0 Å². The lowest BCUT2D eigenvalue weighted by Gasteiger charge is -2.22. The number of carboxylic acid groups (broad SMARTS) is 1. The number of alkyl halides is 3. The minimum Gasteiger partial charge on any atom is -0.478 e. The highest BCUT2D eigenvalue weighted by Gasteiger charge is 2.57. The number of halogens is 3. The van der Waals surface area contributed by atoms with Crippen molar-refractivity contribution in [1.29, 1.82) is 0 Å². The zero-order chi connectivity index (χ0) is 25.1. The first kappa shape index (κ1) is 23.3. The van der Waals surface area contributed by atoms with Crippen molar-refractivity contribution in [3.05, 3.63) is 69.3 Å². The number of benzene rings is 2. The molecule has 1 saturated heterocycles. The molecule has 3 atom stereocenters. The molecule has 3 aromatic rings. The molecule has 1 aromatic heterocycles. The molecule has 35 heavy (non-hydrogen) atoms. The number of aromatic carboxylic acids is 1. The van der Waals surface area contributed by atoms with Crippen molar-refractivity contribution in [2.45, 2.75) is 50.4 Å². The molecule has 3 heterocycles. The third-order valence-electron chi connectivity index (χ3n) is 7.03. The number of carboxylic acids is 1. The molecule has 2 aliphatic rings. The van der Waals surface area contributed by atoms with E-state index in [2.05, 4.69) is 5.32 Å². The fourth-order valence-corrected chi connectivity index (χ4v) is 5.34. The van der Waals surface area contributed by atoms with Crippen LogP contribution in [-0.2, 0) is 10.2 Å². The second-order valence-corrected chi connectivity index (χ2v) is 9.42. The van der Waals surface area contributed by atoms with Crippen molar-refractivity contribution < 1.29 is 27.8 Å². The van der Waals surface area contributed by atoms with Gasteiger partial charge in [0.1, 0.15) is 11.9 Å². The third-order valence-corrected chi connectivity index (χ3v) is 7.03. The van der Waals surface area contributed by atoms with Gasteiger partial charge in [-0.25, -0.2) is 9.78 Å². The summed E-state index contributed by atoms with van der Waals surface area (Å²) in [5.74, 6) is -0.983. The van der Waals surface area contributed by atoms with Crippen LogP contribution in [0.1, 0.15) is 59.2 Å². The van der Waals surface area contributed by atoms with Crippen LogP contribution in [0, 0.1) is 6.92 Å². The molecule has 184 valence electrons. The van der Waals surface area contributed by atoms with Crippen molar-refractivity contribution in [1.82, 2.24) is 9.55 Å². The molecule has 7 nitrogen and oxygen atoms in total. The molecule has 0 amide bonds. The Kier molecular flexibility index (Phi) is 5.39. The molecule has 2 aliphatic heterocycles. The summed E-state index contributed by atoms with van der Waals surface area (Å²) in [6.45, 7) is 3.94. The number of hydrogen-bond acceptors (Lipinski definition) is 5. The summed E-state index contributed by atoms with van der Waals surface area (Å²) < 4.78 is 48.3. The zero-order valence-electron chi connectivity index (χ0n) is 19.1. The SMILES string of the molecule is Cc1cc([C@@H](C)Nc2ccccc2C(=O)O)c2nc3n(c(=O)c2c1)[C@H](C(F)(F)F)C[C@@]31CCOC1. The Hall–Kier alpha value is -3.40. The lowest BCUT2D eigenvalue weighted by atomic mass is 9.83. The smallest absolute Gasteiger partial charge is 0.409 e. The van der Waals surface area contributed by atoms with Gasteiger partial charge in [-0.15, -0.1) is 0 Å². The van der Waals surface area contributed by atoms with Crippen molar-refractivity contribution in [3.8, 4) is 0 Å². The molecule has 10 heteroatoms. The lowest BCUT2D eigenvalue weighted by Crippen LogP contribution is -2.33. The Morgan fingerprint density at radius 2 is 2.06 bits per heavy atom. The van der Waals surface area contributed by atoms with Crippen molar-refractivity contribution >= 4 is 22.6 Å². The van der Waals surface area contributed by atoms with Gasteiger partial charge in [0.05, 0.1) is 34.5 Å². The van der Waals surface area contributed by atoms with Crippen LogP contribution in [0.15, 0.2) is 41.2 Å². The monoisotopic (exact) mass is 487 g/mol. The standard InChI is InChI=1S/C25H24F3N3O4/c1-13-9-16(14(2)29-18-6-4-3-5-15(18)22(33)34)20-17(10-13)21(32)31-19(25(26,27)28)11-24(23(31)30-20)7-8-35-12-24/h3-6,9-10,14,19,29H,7-8,11-12H2,1-2H3,(H,33,34)/t14-,19+,24-/m1/s1. The van der Waals surface area contributed by atoms with E-state index in [4.69, 9.17) is 9.72 Å². The highest BCUT2D eigenvalue weighted by atomic mass is 19.4. The second-order valence-electron chi connectivity index (χ2n) is 9.42. The number of carbonyl (C=O) groups is 1. The van der Waals surface area contributed by atoms with E-state index >= 15 is 0 Å². The summed E-state index contributed by atoms with van der Waals surface area (Å²) in [5.41, 5.74) is 0.381. The quantitative estimate of drug-likeness (QED) is 0.552. The Labute approximate surface area is 198 Å². The van der Waals surface area contributed by atoms with E-state index in [1.807, 2.05) is 6.07 Å². The van der Waals surface area contributed by atoms with Gasteiger partial charge in [-0.1, -0.05) is 18.2 Å². The number of aromatic nitrogens is 2. The minimum atomic E-state index is -4.60. The summed E-state index contributed by atoms with van der Waals surface area (Å²) in [6.07, 6.45) is -4.51.